The summed E-state index contributed by atoms with van der Waals surface area (Å²) in [5, 5.41) is 3.56. The van der Waals surface area contributed by atoms with Gasteiger partial charge in [-0.2, -0.15) is 5.10 Å². The fraction of sp³-hybridized carbons (Fsp3) is 0.625. The lowest BCUT2D eigenvalue weighted by Crippen LogP contribution is -2.28. The highest BCUT2D eigenvalue weighted by atomic mass is 19.1. The SMILES string of the molecule is CC(C)(C)C(=O)C(F)n1cncn1. The van der Waals surface area contributed by atoms with Crippen molar-refractivity contribution in [1.29, 1.82) is 0 Å². The molecule has 4 nitrogen and oxygen atoms in total. The van der Waals surface area contributed by atoms with Crippen LogP contribution in [0.5, 0.6) is 0 Å². The molecule has 0 spiro atoms. The predicted molar refractivity (Wildman–Crippen MR) is 44.6 cm³/mol. The first-order valence-electron chi connectivity index (χ1n) is 3.95. The number of alkyl halides is 1. The number of carbonyl (C=O) groups is 1. The Hall–Kier alpha value is -1.26. The zero-order valence-electron chi connectivity index (χ0n) is 7.86. The van der Waals surface area contributed by atoms with E-state index in [1.165, 1.54) is 12.7 Å². The Balaban J connectivity index is 2.81. The Bertz CT molecular complexity index is 289. The van der Waals surface area contributed by atoms with Crippen LogP contribution in [0.1, 0.15) is 27.1 Å². The van der Waals surface area contributed by atoms with Gasteiger partial charge in [0.2, 0.25) is 0 Å². The third kappa shape index (κ3) is 2.11. The molecule has 0 saturated heterocycles. The Morgan fingerprint density at radius 2 is 2.15 bits per heavy atom. The van der Waals surface area contributed by atoms with Gasteiger partial charge in [0.25, 0.3) is 6.30 Å². The smallest absolute Gasteiger partial charge is 0.251 e. The van der Waals surface area contributed by atoms with Crippen LogP contribution in [0.4, 0.5) is 4.39 Å². The highest BCUT2D eigenvalue weighted by molar-refractivity contribution is 5.86. The molecule has 0 aliphatic carbocycles. The molecule has 0 amide bonds. The highest BCUT2D eigenvalue weighted by Gasteiger charge is 2.31. The molecular formula is C8H12FN3O. The third-order valence-corrected chi connectivity index (χ3v) is 1.62. The van der Waals surface area contributed by atoms with Crippen LogP contribution >= 0.6 is 0 Å². The molecule has 0 fully saturated rings. The fourth-order valence-corrected chi connectivity index (χ4v) is 0.812. The number of hydrogen-bond donors (Lipinski definition) is 0. The van der Waals surface area contributed by atoms with Crippen LogP contribution in [-0.2, 0) is 4.79 Å². The molecule has 0 aromatic carbocycles. The first kappa shape index (κ1) is 9.83. The van der Waals surface area contributed by atoms with Crippen LogP contribution in [0.15, 0.2) is 12.7 Å². The first-order valence-corrected chi connectivity index (χ1v) is 3.95. The van der Waals surface area contributed by atoms with E-state index >= 15 is 0 Å². The molecule has 1 aromatic rings. The van der Waals surface area contributed by atoms with Gasteiger partial charge < -0.3 is 0 Å². The van der Waals surface area contributed by atoms with Crippen molar-refractivity contribution in [2.75, 3.05) is 0 Å². The van der Waals surface area contributed by atoms with E-state index in [0.29, 0.717) is 0 Å². The average molecular weight is 185 g/mol. The number of carbonyl (C=O) groups excluding carboxylic acids is 1. The standard InChI is InChI=1S/C8H12FN3O/c1-8(2,3)6(13)7(9)12-5-10-4-11-12/h4-5,7H,1-3H3. The molecule has 0 saturated carbocycles. The first-order chi connectivity index (χ1) is 5.93. The van der Waals surface area contributed by atoms with E-state index in [1.807, 2.05) is 0 Å². The summed E-state index contributed by atoms with van der Waals surface area (Å²) >= 11 is 0. The summed E-state index contributed by atoms with van der Waals surface area (Å²) in [6.45, 7) is 5.00. The summed E-state index contributed by atoms with van der Waals surface area (Å²) in [4.78, 5) is 15.0. The molecule has 1 rings (SSSR count). The predicted octanol–water partition coefficient (Wildman–Crippen LogP) is 1.36. The van der Waals surface area contributed by atoms with E-state index in [9.17, 15) is 9.18 Å². The van der Waals surface area contributed by atoms with Crippen LogP contribution in [0.3, 0.4) is 0 Å². The van der Waals surface area contributed by atoms with E-state index in [1.54, 1.807) is 20.8 Å². The van der Waals surface area contributed by atoms with Gasteiger partial charge in [-0.05, 0) is 0 Å². The molecule has 0 radical (unpaired) electrons. The molecule has 13 heavy (non-hydrogen) atoms. The molecule has 1 heterocycles. The second-order valence-electron chi connectivity index (χ2n) is 3.83. The van der Waals surface area contributed by atoms with Gasteiger partial charge >= 0.3 is 0 Å². The van der Waals surface area contributed by atoms with Gasteiger partial charge in [0.05, 0.1) is 0 Å². The molecule has 1 atom stereocenters. The van der Waals surface area contributed by atoms with Crippen molar-refractivity contribution in [3.05, 3.63) is 12.7 Å². The normalized spacial score (nSPS) is 14.2. The fourth-order valence-electron chi connectivity index (χ4n) is 0.812. The minimum absolute atomic E-state index is 0.502. The Labute approximate surface area is 75.8 Å². The number of aromatic nitrogens is 3. The van der Waals surface area contributed by atoms with Crippen molar-refractivity contribution >= 4 is 5.78 Å². The Morgan fingerprint density at radius 3 is 2.54 bits per heavy atom. The maximum absolute atomic E-state index is 13.4. The second-order valence-corrected chi connectivity index (χ2v) is 3.83. The Morgan fingerprint density at radius 1 is 1.54 bits per heavy atom. The lowest BCUT2D eigenvalue weighted by atomic mass is 9.90. The summed E-state index contributed by atoms with van der Waals surface area (Å²) in [5.41, 5.74) is -0.703. The Kier molecular flexibility index (Phi) is 2.45. The van der Waals surface area contributed by atoms with Crippen LogP contribution < -0.4 is 0 Å². The van der Waals surface area contributed by atoms with Crippen molar-refractivity contribution in [2.24, 2.45) is 5.41 Å². The van der Waals surface area contributed by atoms with E-state index in [0.717, 1.165) is 4.68 Å². The minimum Gasteiger partial charge on any atom is -0.294 e. The summed E-state index contributed by atoms with van der Waals surface area (Å²) in [6.07, 6.45) is 0.652. The van der Waals surface area contributed by atoms with E-state index < -0.39 is 17.5 Å². The molecule has 0 aliphatic rings. The van der Waals surface area contributed by atoms with Gasteiger partial charge in [0, 0.05) is 5.41 Å². The molecule has 1 unspecified atom stereocenters. The van der Waals surface area contributed by atoms with Crippen molar-refractivity contribution in [2.45, 2.75) is 27.1 Å². The van der Waals surface area contributed by atoms with Crippen LogP contribution in [0.2, 0.25) is 0 Å². The quantitative estimate of drug-likeness (QED) is 0.699. The van der Waals surface area contributed by atoms with Gasteiger partial charge in [-0.15, -0.1) is 0 Å². The topological polar surface area (TPSA) is 47.8 Å². The van der Waals surface area contributed by atoms with Gasteiger partial charge in [-0.25, -0.2) is 14.1 Å². The number of nitrogens with zero attached hydrogens (tertiary/aromatic N) is 3. The molecular weight excluding hydrogens is 173 g/mol. The maximum Gasteiger partial charge on any atom is 0.251 e. The number of rotatable bonds is 2. The van der Waals surface area contributed by atoms with Gasteiger partial charge in [0.1, 0.15) is 12.7 Å². The lowest BCUT2D eigenvalue weighted by Gasteiger charge is -2.18. The van der Waals surface area contributed by atoms with Crippen molar-refractivity contribution in [1.82, 2.24) is 14.8 Å². The largest absolute Gasteiger partial charge is 0.294 e. The van der Waals surface area contributed by atoms with Gasteiger partial charge in [0.15, 0.2) is 5.78 Å². The highest BCUT2D eigenvalue weighted by Crippen LogP contribution is 2.23. The molecule has 1 aromatic heterocycles. The van der Waals surface area contributed by atoms with E-state index in [4.69, 9.17) is 0 Å². The number of ketones is 1. The van der Waals surface area contributed by atoms with E-state index in [-0.39, 0.29) is 0 Å². The van der Waals surface area contributed by atoms with E-state index in [2.05, 4.69) is 10.1 Å². The summed E-state index contributed by atoms with van der Waals surface area (Å²) in [5.74, 6) is -0.502. The third-order valence-electron chi connectivity index (χ3n) is 1.62. The van der Waals surface area contributed by atoms with Gasteiger partial charge in [-0.1, -0.05) is 20.8 Å². The molecule has 0 aliphatic heterocycles. The van der Waals surface area contributed by atoms with Crippen LogP contribution in [-0.4, -0.2) is 20.5 Å². The average Bonchev–Trinajstić information content (AvgIpc) is 2.51. The monoisotopic (exact) mass is 185 g/mol. The van der Waals surface area contributed by atoms with Crippen LogP contribution in [0.25, 0.3) is 0 Å². The van der Waals surface area contributed by atoms with Crippen molar-refractivity contribution < 1.29 is 9.18 Å². The number of Topliss-reactive ketones (excluding diaryl/α,β-unsaturated/α-hetero) is 1. The molecule has 5 heteroatoms. The molecule has 72 valence electrons. The second kappa shape index (κ2) is 3.24. The molecule has 0 bridgehead atoms. The number of halogens is 1. The number of hydrogen-bond acceptors (Lipinski definition) is 3. The lowest BCUT2D eigenvalue weighted by molar-refractivity contribution is -0.135. The zero-order chi connectivity index (χ0) is 10.1. The van der Waals surface area contributed by atoms with Crippen LogP contribution in [0, 0.1) is 5.41 Å². The van der Waals surface area contributed by atoms with Gasteiger partial charge in [-0.3, -0.25) is 4.79 Å². The summed E-state index contributed by atoms with van der Waals surface area (Å²) < 4.78 is 14.3. The zero-order valence-corrected chi connectivity index (χ0v) is 7.86. The summed E-state index contributed by atoms with van der Waals surface area (Å²) in [7, 11) is 0. The van der Waals surface area contributed by atoms with Crippen molar-refractivity contribution in [3.63, 3.8) is 0 Å². The van der Waals surface area contributed by atoms with Crippen molar-refractivity contribution in [3.8, 4) is 0 Å². The minimum atomic E-state index is -1.73. The molecule has 0 N–H and O–H groups in total. The maximum atomic E-state index is 13.4. The summed E-state index contributed by atoms with van der Waals surface area (Å²) in [6, 6.07) is 0.